The fraction of sp³-hybridized carbons (Fsp3) is 0.421. The van der Waals surface area contributed by atoms with Crippen LogP contribution in [0.3, 0.4) is 0 Å². The summed E-state index contributed by atoms with van der Waals surface area (Å²) in [6.07, 6.45) is 6.11. The number of anilines is 1. The number of benzene rings is 1. The zero-order chi connectivity index (χ0) is 17.9. The molecule has 26 heavy (non-hydrogen) atoms. The van der Waals surface area contributed by atoms with Gasteiger partial charge < -0.3 is 20.5 Å². The van der Waals surface area contributed by atoms with E-state index in [0.717, 1.165) is 55.6 Å². The van der Waals surface area contributed by atoms with E-state index in [-0.39, 0.29) is 5.91 Å². The second kappa shape index (κ2) is 7.19. The van der Waals surface area contributed by atoms with Crippen LogP contribution in [0.2, 0.25) is 0 Å². The molecule has 2 aromatic rings. The van der Waals surface area contributed by atoms with Gasteiger partial charge >= 0.3 is 0 Å². The van der Waals surface area contributed by atoms with Crippen LogP contribution < -0.4 is 16.0 Å². The summed E-state index contributed by atoms with van der Waals surface area (Å²) in [5, 5.41) is 13.4. The number of amides is 1. The van der Waals surface area contributed by atoms with E-state index < -0.39 is 0 Å². The van der Waals surface area contributed by atoms with Gasteiger partial charge in [-0.1, -0.05) is 17.3 Å². The highest BCUT2D eigenvalue weighted by molar-refractivity contribution is 6.03. The predicted molar refractivity (Wildman–Crippen MR) is 98.4 cm³/mol. The van der Waals surface area contributed by atoms with Crippen LogP contribution in [-0.2, 0) is 4.79 Å². The molecule has 0 spiro atoms. The van der Waals surface area contributed by atoms with Crippen LogP contribution in [0.4, 0.5) is 5.69 Å². The third-order valence-corrected chi connectivity index (χ3v) is 4.67. The molecule has 7 nitrogen and oxygen atoms in total. The molecule has 0 bridgehead atoms. The lowest BCUT2D eigenvalue weighted by molar-refractivity contribution is -0.113. The first-order valence-electron chi connectivity index (χ1n) is 9.14. The van der Waals surface area contributed by atoms with Crippen molar-refractivity contribution in [2.24, 2.45) is 0 Å². The lowest BCUT2D eigenvalue weighted by Crippen LogP contribution is -2.30. The second-order valence-electron chi connectivity index (χ2n) is 6.86. The van der Waals surface area contributed by atoms with E-state index in [1.54, 1.807) is 6.20 Å². The number of aryl methyl sites for hydroxylation is 1. The van der Waals surface area contributed by atoms with Crippen LogP contribution in [-0.4, -0.2) is 29.1 Å². The Balaban J connectivity index is 1.52. The molecule has 7 heteroatoms. The average Bonchev–Trinajstić information content (AvgIpc) is 3.34. The Hall–Kier alpha value is -2.83. The Bertz CT molecular complexity index is 838. The molecule has 1 amide bonds. The van der Waals surface area contributed by atoms with E-state index in [1.165, 1.54) is 0 Å². The van der Waals surface area contributed by atoms with Crippen molar-refractivity contribution in [2.75, 3.05) is 18.4 Å². The molecule has 1 aliphatic carbocycles. The van der Waals surface area contributed by atoms with Crippen molar-refractivity contribution in [3.05, 3.63) is 41.6 Å². The van der Waals surface area contributed by atoms with Crippen molar-refractivity contribution in [1.29, 1.82) is 0 Å². The van der Waals surface area contributed by atoms with Crippen molar-refractivity contribution in [3.63, 3.8) is 0 Å². The lowest BCUT2D eigenvalue weighted by Gasteiger charge is -2.16. The third kappa shape index (κ3) is 3.71. The van der Waals surface area contributed by atoms with Crippen molar-refractivity contribution < 1.29 is 9.32 Å². The Morgan fingerprint density at radius 1 is 1.27 bits per heavy atom. The number of hydrogen-bond acceptors (Lipinski definition) is 6. The topological polar surface area (TPSA) is 92.1 Å². The maximum absolute atomic E-state index is 12.6. The summed E-state index contributed by atoms with van der Waals surface area (Å²) >= 11 is 0. The molecule has 136 valence electrons. The SMILES string of the molecule is Cc1ccc(-c2noc(C3CC3)n2)cc1NC(=O)/C1=C/NCCCCN1. The van der Waals surface area contributed by atoms with Crippen LogP contribution in [0, 0.1) is 6.92 Å². The van der Waals surface area contributed by atoms with E-state index >= 15 is 0 Å². The molecule has 1 saturated carbocycles. The van der Waals surface area contributed by atoms with Gasteiger partial charge in [-0.25, -0.2) is 0 Å². The largest absolute Gasteiger partial charge is 0.389 e. The fourth-order valence-electron chi connectivity index (χ4n) is 2.88. The fourth-order valence-corrected chi connectivity index (χ4v) is 2.88. The first-order valence-corrected chi connectivity index (χ1v) is 9.14. The van der Waals surface area contributed by atoms with Gasteiger partial charge in [0.05, 0.1) is 0 Å². The molecule has 0 saturated heterocycles. The number of hydrogen-bond donors (Lipinski definition) is 3. The molecule has 1 aromatic heterocycles. The molecule has 0 unspecified atom stereocenters. The van der Waals surface area contributed by atoms with Crippen molar-refractivity contribution >= 4 is 11.6 Å². The molecule has 1 fully saturated rings. The van der Waals surface area contributed by atoms with Gasteiger partial charge in [0.2, 0.25) is 11.7 Å². The van der Waals surface area contributed by atoms with Gasteiger partial charge in [-0.15, -0.1) is 0 Å². The molecule has 2 heterocycles. The molecule has 1 aromatic carbocycles. The van der Waals surface area contributed by atoms with Crippen LogP contribution in [0.15, 0.2) is 34.6 Å². The Morgan fingerprint density at radius 2 is 2.12 bits per heavy atom. The maximum Gasteiger partial charge on any atom is 0.273 e. The van der Waals surface area contributed by atoms with Crippen LogP contribution in [0.1, 0.15) is 43.1 Å². The normalized spacial score (nSPS) is 19.3. The number of carbonyl (C=O) groups excluding carboxylic acids is 1. The molecular weight excluding hydrogens is 330 g/mol. The summed E-state index contributed by atoms with van der Waals surface area (Å²) < 4.78 is 5.34. The van der Waals surface area contributed by atoms with Crippen molar-refractivity contribution in [3.8, 4) is 11.4 Å². The zero-order valence-electron chi connectivity index (χ0n) is 14.8. The lowest BCUT2D eigenvalue weighted by atomic mass is 10.1. The highest BCUT2D eigenvalue weighted by Gasteiger charge is 2.29. The van der Waals surface area contributed by atoms with Gasteiger partial charge in [-0.2, -0.15) is 4.98 Å². The van der Waals surface area contributed by atoms with Gasteiger partial charge in [0.15, 0.2) is 0 Å². The minimum Gasteiger partial charge on any atom is -0.389 e. The minimum absolute atomic E-state index is 0.161. The van der Waals surface area contributed by atoms with Gasteiger partial charge in [0.1, 0.15) is 5.70 Å². The molecular formula is C19H23N5O2. The number of aromatic nitrogens is 2. The van der Waals surface area contributed by atoms with E-state index in [9.17, 15) is 4.79 Å². The minimum atomic E-state index is -0.161. The summed E-state index contributed by atoms with van der Waals surface area (Å²) in [7, 11) is 0. The van der Waals surface area contributed by atoms with Gasteiger partial charge in [0, 0.05) is 36.5 Å². The van der Waals surface area contributed by atoms with Gasteiger partial charge in [-0.05, 0) is 44.2 Å². The number of nitrogens with zero attached hydrogens (tertiary/aromatic N) is 2. The standard InChI is InChI=1S/C19H23N5O2/c1-12-4-5-14(17-23-19(26-24-17)13-6-7-13)10-15(12)22-18(25)16-11-20-8-2-3-9-21-16/h4-5,10-11,13,20-21H,2-3,6-9H2,1H3,(H,22,25)/b16-11-. The van der Waals surface area contributed by atoms with Gasteiger partial charge in [-0.3, -0.25) is 4.79 Å². The van der Waals surface area contributed by atoms with Crippen molar-refractivity contribution in [2.45, 2.75) is 38.5 Å². The molecule has 0 radical (unpaired) electrons. The third-order valence-electron chi connectivity index (χ3n) is 4.67. The molecule has 2 aliphatic rings. The van der Waals surface area contributed by atoms with Crippen LogP contribution in [0.25, 0.3) is 11.4 Å². The number of rotatable bonds is 4. The summed E-state index contributed by atoms with van der Waals surface area (Å²) in [4.78, 5) is 17.1. The Kier molecular flexibility index (Phi) is 4.60. The van der Waals surface area contributed by atoms with E-state index in [1.807, 2.05) is 25.1 Å². The van der Waals surface area contributed by atoms with Crippen LogP contribution in [0.5, 0.6) is 0 Å². The average molecular weight is 353 g/mol. The first kappa shape index (κ1) is 16.6. The summed E-state index contributed by atoms with van der Waals surface area (Å²) in [6.45, 7) is 3.64. The van der Waals surface area contributed by atoms with E-state index in [4.69, 9.17) is 4.52 Å². The predicted octanol–water partition coefficient (Wildman–Crippen LogP) is 2.68. The van der Waals surface area contributed by atoms with E-state index in [0.29, 0.717) is 23.3 Å². The maximum atomic E-state index is 12.6. The number of nitrogens with one attached hydrogen (secondary N) is 3. The number of carbonyl (C=O) groups is 1. The smallest absolute Gasteiger partial charge is 0.273 e. The monoisotopic (exact) mass is 353 g/mol. The van der Waals surface area contributed by atoms with Gasteiger partial charge in [0.25, 0.3) is 5.91 Å². The molecule has 4 rings (SSSR count). The zero-order valence-corrected chi connectivity index (χ0v) is 14.8. The highest BCUT2D eigenvalue weighted by atomic mass is 16.5. The van der Waals surface area contributed by atoms with Crippen LogP contribution >= 0.6 is 0 Å². The molecule has 1 aliphatic heterocycles. The Morgan fingerprint density at radius 3 is 2.96 bits per heavy atom. The first-order chi connectivity index (χ1) is 12.7. The molecule has 3 N–H and O–H groups in total. The highest BCUT2D eigenvalue weighted by Crippen LogP contribution is 2.39. The van der Waals surface area contributed by atoms with E-state index in [2.05, 4.69) is 26.1 Å². The Labute approximate surface area is 152 Å². The summed E-state index contributed by atoms with van der Waals surface area (Å²) in [5.41, 5.74) is 3.10. The van der Waals surface area contributed by atoms with Crippen molar-refractivity contribution in [1.82, 2.24) is 20.8 Å². The summed E-state index contributed by atoms with van der Waals surface area (Å²) in [5.74, 6) is 1.53. The molecule has 0 atom stereocenters. The quantitative estimate of drug-likeness (QED) is 0.783. The summed E-state index contributed by atoms with van der Waals surface area (Å²) in [6, 6.07) is 5.80. The second-order valence-corrected chi connectivity index (χ2v) is 6.86.